The third-order valence-electron chi connectivity index (χ3n) is 7.49. The standard InChI is InChI=1S/C24H26ClF2NO4S/c25-15-3-1-14(2-4-15)11-24-10-9-21(29)17(12-28-33(30,31)16-5-6-16)18(24)13-32-23-20(27)8-7-19(26)22(23)24/h1-4,7-8,16-18,21,28-29H,5-6,9-13H2/t17-,18-,21+,24-/m0/s1. The van der Waals surface area contributed by atoms with E-state index in [2.05, 4.69) is 4.72 Å². The van der Waals surface area contributed by atoms with E-state index < -0.39 is 45.0 Å². The molecule has 0 bridgehead atoms. The van der Waals surface area contributed by atoms with E-state index in [-0.39, 0.29) is 29.7 Å². The minimum absolute atomic E-state index is 0.0304. The third kappa shape index (κ3) is 4.16. The molecule has 0 aromatic heterocycles. The minimum Gasteiger partial charge on any atom is -0.490 e. The largest absolute Gasteiger partial charge is 0.490 e. The lowest BCUT2D eigenvalue weighted by Gasteiger charge is -2.53. The van der Waals surface area contributed by atoms with Crippen molar-refractivity contribution in [1.82, 2.24) is 4.72 Å². The highest BCUT2D eigenvalue weighted by atomic mass is 35.5. The van der Waals surface area contributed by atoms with Crippen molar-refractivity contribution in [1.29, 1.82) is 0 Å². The second kappa shape index (κ2) is 8.48. The smallest absolute Gasteiger partial charge is 0.214 e. The average molecular weight is 498 g/mol. The quantitative estimate of drug-likeness (QED) is 0.633. The molecule has 5 rings (SSSR count). The molecule has 0 unspecified atom stereocenters. The van der Waals surface area contributed by atoms with Crippen molar-refractivity contribution in [2.24, 2.45) is 11.8 Å². The molecule has 178 valence electrons. The fourth-order valence-electron chi connectivity index (χ4n) is 5.65. The maximum atomic E-state index is 15.3. The van der Waals surface area contributed by atoms with Crippen molar-refractivity contribution in [2.45, 2.75) is 48.9 Å². The van der Waals surface area contributed by atoms with Gasteiger partial charge in [-0.1, -0.05) is 23.7 Å². The zero-order valence-corrected chi connectivity index (χ0v) is 19.5. The molecule has 1 aliphatic heterocycles. The van der Waals surface area contributed by atoms with Crippen LogP contribution in [0.2, 0.25) is 5.02 Å². The van der Waals surface area contributed by atoms with Crippen LogP contribution in [0.5, 0.6) is 5.75 Å². The number of rotatable bonds is 6. The Balaban J connectivity index is 1.57. The van der Waals surface area contributed by atoms with Gasteiger partial charge in [0.25, 0.3) is 0 Å². The minimum atomic E-state index is -3.46. The molecule has 2 N–H and O–H groups in total. The van der Waals surface area contributed by atoms with Crippen molar-refractivity contribution in [3.05, 3.63) is 64.2 Å². The summed E-state index contributed by atoms with van der Waals surface area (Å²) in [6, 6.07) is 9.39. The zero-order chi connectivity index (χ0) is 23.4. The molecule has 2 aromatic rings. The van der Waals surface area contributed by atoms with Gasteiger partial charge in [-0.15, -0.1) is 0 Å². The van der Waals surface area contributed by atoms with Gasteiger partial charge in [-0.25, -0.2) is 21.9 Å². The topological polar surface area (TPSA) is 75.6 Å². The van der Waals surface area contributed by atoms with Crippen LogP contribution in [0.4, 0.5) is 8.78 Å². The molecule has 2 aromatic carbocycles. The monoisotopic (exact) mass is 497 g/mol. The van der Waals surface area contributed by atoms with Crippen LogP contribution in [0.3, 0.4) is 0 Å². The molecule has 4 atom stereocenters. The van der Waals surface area contributed by atoms with E-state index in [0.717, 1.165) is 17.7 Å². The maximum absolute atomic E-state index is 15.3. The molecule has 2 saturated carbocycles. The number of fused-ring (bicyclic) bond motifs is 3. The molecular weight excluding hydrogens is 472 g/mol. The summed E-state index contributed by atoms with van der Waals surface area (Å²) in [5.41, 5.74) is 0.216. The van der Waals surface area contributed by atoms with E-state index >= 15 is 4.39 Å². The number of aliphatic hydroxyl groups excluding tert-OH is 1. The Morgan fingerprint density at radius 1 is 1.09 bits per heavy atom. The van der Waals surface area contributed by atoms with Crippen LogP contribution < -0.4 is 9.46 Å². The Hall–Kier alpha value is -1.74. The number of aliphatic hydroxyl groups is 1. The first-order valence-electron chi connectivity index (χ1n) is 11.2. The summed E-state index contributed by atoms with van der Waals surface area (Å²) in [5, 5.41) is 11.1. The highest BCUT2D eigenvalue weighted by Crippen LogP contribution is 2.55. The summed E-state index contributed by atoms with van der Waals surface area (Å²) in [6.45, 7) is 0.0938. The number of hydrogen-bond donors (Lipinski definition) is 2. The predicted octanol–water partition coefficient (Wildman–Crippen LogP) is 3.96. The highest BCUT2D eigenvalue weighted by Gasteiger charge is 2.55. The first kappa shape index (κ1) is 23.0. The summed E-state index contributed by atoms with van der Waals surface area (Å²) in [4.78, 5) is 0. The van der Waals surface area contributed by atoms with Gasteiger partial charge in [-0.3, -0.25) is 0 Å². The molecule has 0 saturated heterocycles. The normalized spacial score (nSPS) is 29.2. The Morgan fingerprint density at radius 2 is 1.79 bits per heavy atom. The summed E-state index contributed by atoms with van der Waals surface area (Å²) < 4.78 is 63.3. The Bertz CT molecular complexity index is 1160. The zero-order valence-electron chi connectivity index (χ0n) is 17.9. The van der Waals surface area contributed by atoms with Crippen molar-refractivity contribution in [2.75, 3.05) is 13.2 Å². The fourth-order valence-corrected chi connectivity index (χ4v) is 7.19. The van der Waals surface area contributed by atoms with Crippen LogP contribution in [0, 0.1) is 23.5 Å². The van der Waals surface area contributed by atoms with Crippen LogP contribution >= 0.6 is 11.6 Å². The first-order valence-corrected chi connectivity index (χ1v) is 13.2. The summed E-state index contributed by atoms with van der Waals surface area (Å²) in [6.07, 6.45) is 1.64. The average Bonchev–Trinajstić information content (AvgIpc) is 3.63. The molecule has 3 aliphatic rings. The molecule has 0 spiro atoms. The number of sulfonamides is 1. The molecule has 0 radical (unpaired) electrons. The van der Waals surface area contributed by atoms with Gasteiger partial charge in [-0.05, 0) is 61.9 Å². The van der Waals surface area contributed by atoms with Crippen LogP contribution in [-0.4, -0.2) is 38.0 Å². The maximum Gasteiger partial charge on any atom is 0.214 e. The molecule has 33 heavy (non-hydrogen) atoms. The second-order valence-corrected chi connectivity index (χ2v) is 12.0. The number of ether oxygens (including phenoxy) is 1. The van der Waals surface area contributed by atoms with E-state index in [1.54, 1.807) is 12.1 Å². The van der Waals surface area contributed by atoms with Crippen molar-refractivity contribution >= 4 is 21.6 Å². The number of halogens is 3. The van der Waals surface area contributed by atoms with Crippen LogP contribution in [-0.2, 0) is 21.9 Å². The molecule has 2 aliphatic carbocycles. The Kier molecular flexibility index (Phi) is 5.92. The van der Waals surface area contributed by atoms with Crippen LogP contribution in [0.25, 0.3) is 0 Å². The van der Waals surface area contributed by atoms with Gasteiger partial charge in [-0.2, -0.15) is 0 Å². The van der Waals surface area contributed by atoms with Gasteiger partial charge in [0, 0.05) is 34.4 Å². The van der Waals surface area contributed by atoms with Gasteiger partial charge in [0.15, 0.2) is 11.6 Å². The summed E-state index contributed by atoms with van der Waals surface area (Å²) in [5.74, 6) is -2.19. The lowest BCUT2D eigenvalue weighted by molar-refractivity contribution is -0.0436. The summed E-state index contributed by atoms with van der Waals surface area (Å²) in [7, 11) is -3.46. The number of hydrogen-bond acceptors (Lipinski definition) is 4. The Morgan fingerprint density at radius 3 is 2.48 bits per heavy atom. The van der Waals surface area contributed by atoms with Gasteiger partial charge in [0.05, 0.1) is 18.0 Å². The van der Waals surface area contributed by atoms with Gasteiger partial charge >= 0.3 is 0 Å². The van der Waals surface area contributed by atoms with Crippen LogP contribution in [0.1, 0.15) is 36.8 Å². The molecular formula is C24H26ClF2NO4S. The van der Waals surface area contributed by atoms with E-state index in [0.29, 0.717) is 37.1 Å². The van der Waals surface area contributed by atoms with E-state index in [9.17, 15) is 17.9 Å². The lowest BCUT2D eigenvalue weighted by Crippen LogP contribution is -2.57. The third-order valence-corrected chi connectivity index (χ3v) is 9.66. The SMILES string of the molecule is O=S(=O)(NC[C@@H]1[C@H](O)CC[C@@]2(Cc3ccc(Cl)cc3)c3c(F)ccc(F)c3OC[C@@H]12)C1CC1. The van der Waals surface area contributed by atoms with Gasteiger partial charge in [0.2, 0.25) is 10.0 Å². The van der Waals surface area contributed by atoms with Crippen molar-refractivity contribution < 1.29 is 27.0 Å². The predicted molar refractivity (Wildman–Crippen MR) is 121 cm³/mol. The molecule has 2 fully saturated rings. The van der Waals surface area contributed by atoms with E-state index in [1.165, 1.54) is 0 Å². The highest BCUT2D eigenvalue weighted by molar-refractivity contribution is 7.90. The van der Waals surface area contributed by atoms with Gasteiger partial charge in [0.1, 0.15) is 5.82 Å². The lowest BCUT2D eigenvalue weighted by atomic mass is 9.55. The first-order chi connectivity index (χ1) is 15.7. The molecule has 1 heterocycles. The number of benzene rings is 2. The fraction of sp³-hybridized carbons (Fsp3) is 0.500. The van der Waals surface area contributed by atoms with Crippen molar-refractivity contribution in [3.63, 3.8) is 0 Å². The molecule has 5 nitrogen and oxygen atoms in total. The summed E-state index contributed by atoms with van der Waals surface area (Å²) >= 11 is 6.05. The molecule has 0 amide bonds. The Labute approximate surface area is 197 Å². The van der Waals surface area contributed by atoms with Crippen LogP contribution in [0.15, 0.2) is 36.4 Å². The van der Waals surface area contributed by atoms with Gasteiger partial charge < -0.3 is 9.84 Å². The molecule has 9 heteroatoms. The second-order valence-electron chi connectivity index (χ2n) is 9.47. The van der Waals surface area contributed by atoms with E-state index in [1.807, 2.05) is 12.1 Å². The number of nitrogens with one attached hydrogen (secondary N) is 1. The van der Waals surface area contributed by atoms with E-state index in [4.69, 9.17) is 16.3 Å². The van der Waals surface area contributed by atoms with Crippen molar-refractivity contribution in [3.8, 4) is 5.75 Å².